The molecule has 0 saturated carbocycles. The summed E-state index contributed by atoms with van der Waals surface area (Å²) in [6.45, 7) is 3.97. The van der Waals surface area contributed by atoms with Gasteiger partial charge in [0.2, 0.25) is 0 Å². The summed E-state index contributed by atoms with van der Waals surface area (Å²) in [5, 5.41) is 0. The SMILES string of the molecule is CC/C=C/C=C/C=C/C=C/CCCCCCCC(=O)O[C@H](COC(=O)CCCCCCC/C=C/CCCC)COP(=O)([O-])OCC[N+](C)(C)C. The van der Waals surface area contributed by atoms with Crippen LogP contribution in [0.5, 0.6) is 0 Å². The number of phosphoric acid groups is 1. The molecule has 0 aromatic rings. The van der Waals surface area contributed by atoms with Gasteiger partial charge in [-0.25, -0.2) is 0 Å². The van der Waals surface area contributed by atoms with Gasteiger partial charge in [0.25, 0.3) is 7.82 Å². The number of ether oxygens (including phenoxy) is 2. The van der Waals surface area contributed by atoms with E-state index in [1.165, 1.54) is 12.8 Å². The maximum Gasteiger partial charge on any atom is 0.306 e. The van der Waals surface area contributed by atoms with Crippen LogP contribution in [0.4, 0.5) is 0 Å². The quantitative estimate of drug-likeness (QED) is 0.0164. The molecule has 0 fully saturated rings. The number of carbonyl (C=O) groups excluding carboxylic acids is 2. The molecule has 1 unspecified atom stereocenters. The van der Waals surface area contributed by atoms with Gasteiger partial charge < -0.3 is 27.9 Å². The fraction of sp³-hybridized carbons (Fsp3) is 0.700. The van der Waals surface area contributed by atoms with Crippen molar-refractivity contribution in [3.63, 3.8) is 0 Å². The van der Waals surface area contributed by atoms with Gasteiger partial charge in [-0.3, -0.25) is 14.2 Å². The zero-order chi connectivity index (χ0) is 37.2. The van der Waals surface area contributed by atoms with Crippen LogP contribution in [0, 0.1) is 0 Å². The fourth-order valence-corrected chi connectivity index (χ4v) is 5.31. The van der Waals surface area contributed by atoms with Gasteiger partial charge in [-0.2, -0.15) is 0 Å². The molecular formula is C40H70NO8P. The predicted molar refractivity (Wildman–Crippen MR) is 203 cm³/mol. The first-order valence-corrected chi connectivity index (χ1v) is 20.5. The zero-order valence-electron chi connectivity index (χ0n) is 32.1. The standard InChI is InChI=1S/C40H70NO8P/c1-6-8-10-12-14-16-18-19-20-21-23-25-27-29-31-33-40(43)49-38(37-48-50(44,45)47-35-34-41(3,4)5)36-46-39(42)32-30-28-26-24-22-17-15-13-11-9-7-2/h8,10,12-16,18-20,38H,6-7,9,11,17,21-37H2,1-5H3/b10-8+,14-12+,15-13+,18-16+,20-19+/t38-/m1/s1. The highest BCUT2D eigenvalue weighted by Gasteiger charge is 2.21. The summed E-state index contributed by atoms with van der Waals surface area (Å²) in [4.78, 5) is 37.3. The van der Waals surface area contributed by atoms with Crippen molar-refractivity contribution in [3.05, 3.63) is 60.8 Å². The average molecular weight is 724 g/mol. The number of hydrogen-bond donors (Lipinski definition) is 0. The number of esters is 2. The van der Waals surface area contributed by atoms with Crippen molar-refractivity contribution in [1.29, 1.82) is 0 Å². The van der Waals surface area contributed by atoms with Gasteiger partial charge in [0.1, 0.15) is 19.8 Å². The number of hydrogen-bond acceptors (Lipinski definition) is 8. The van der Waals surface area contributed by atoms with Crippen molar-refractivity contribution >= 4 is 19.8 Å². The number of allylic oxidation sites excluding steroid dienone is 10. The molecule has 0 spiro atoms. The van der Waals surface area contributed by atoms with E-state index in [2.05, 4.69) is 44.2 Å². The summed E-state index contributed by atoms with van der Waals surface area (Å²) in [6, 6.07) is 0. The van der Waals surface area contributed by atoms with Crippen LogP contribution < -0.4 is 4.89 Å². The Morgan fingerprint density at radius 1 is 0.640 bits per heavy atom. The molecule has 10 heteroatoms. The van der Waals surface area contributed by atoms with Gasteiger partial charge in [0, 0.05) is 12.8 Å². The highest BCUT2D eigenvalue weighted by Crippen LogP contribution is 2.38. The number of rotatable bonds is 33. The first kappa shape index (κ1) is 47.7. The number of unbranched alkanes of at least 4 members (excludes halogenated alkanes) is 12. The molecule has 0 N–H and O–H groups in total. The van der Waals surface area contributed by atoms with Gasteiger partial charge in [0.05, 0.1) is 27.7 Å². The van der Waals surface area contributed by atoms with E-state index in [4.69, 9.17) is 18.5 Å². The second kappa shape index (κ2) is 32.6. The van der Waals surface area contributed by atoms with Gasteiger partial charge in [-0.1, -0.05) is 126 Å². The number of phosphoric ester groups is 1. The molecule has 0 heterocycles. The minimum absolute atomic E-state index is 0.0402. The van der Waals surface area contributed by atoms with Crippen molar-refractivity contribution in [2.75, 3.05) is 47.5 Å². The van der Waals surface area contributed by atoms with Crippen LogP contribution in [0.25, 0.3) is 0 Å². The summed E-state index contributed by atoms with van der Waals surface area (Å²) >= 11 is 0. The van der Waals surface area contributed by atoms with E-state index in [9.17, 15) is 19.0 Å². The maximum absolute atomic E-state index is 12.6. The Morgan fingerprint density at radius 3 is 1.76 bits per heavy atom. The molecule has 0 bridgehead atoms. The first-order chi connectivity index (χ1) is 24.0. The molecule has 0 saturated heterocycles. The lowest BCUT2D eigenvalue weighted by Gasteiger charge is -2.28. The zero-order valence-corrected chi connectivity index (χ0v) is 33.0. The maximum atomic E-state index is 12.6. The second-order valence-electron chi connectivity index (χ2n) is 13.6. The van der Waals surface area contributed by atoms with Gasteiger partial charge in [-0.15, -0.1) is 0 Å². The Balaban J connectivity index is 4.52. The van der Waals surface area contributed by atoms with Crippen molar-refractivity contribution in [2.45, 2.75) is 136 Å². The Hall–Kier alpha value is -2.29. The van der Waals surface area contributed by atoms with E-state index in [1.807, 2.05) is 51.5 Å². The molecule has 288 valence electrons. The minimum atomic E-state index is -4.63. The van der Waals surface area contributed by atoms with Gasteiger partial charge in [0.15, 0.2) is 6.10 Å². The highest BCUT2D eigenvalue weighted by molar-refractivity contribution is 7.45. The third-order valence-electron chi connectivity index (χ3n) is 7.62. The molecule has 50 heavy (non-hydrogen) atoms. The summed E-state index contributed by atoms with van der Waals surface area (Å²) in [6.07, 6.45) is 36.8. The number of carbonyl (C=O) groups is 2. The van der Waals surface area contributed by atoms with Crippen molar-refractivity contribution < 1.29 is 42.1 Å². The van der Waals surface area contributed by atoms with Crippen LogP contribution in [0.1, 0.15) is 129 Å². The Morgan fingerprint density at radius 2 is 1.16 bits per heavy atom. The van der Waals surface area contributed by atoms with E-state index >= 15 is 0 Å². The van der Waals surface area contributed by atoms with Crippen LogP contribution in [-0.2, 0) is 32.7 Å². The third kappa shape index (κ3) is 35.5. The minimum Gasteiger partial charge on any atom is -0.756 e. The Kier molecular flexibility index (Phi) is 31.1. The highest BCUT2D eigenvalue weighted by atomic mass is 31.2. The lowest BCUT2D eigenvalue weighted by Crippen LogP contribution is -2.37. The van der Waals surface area contributed by atoms with Crippen molar-refractivity contribution in [2.24, 2.45) is 0 Å². The summed E-state index contributed by atoms with van der Waals surface area (Å²) in [7, 11) is 1.13. The molecule has 0 rings (SSSR count). The van der Waals surface area contributed by atoms with Crippen molar-refractivity contribution in [1.82, 2.24) is 0 Å². The van der Waals surface area contributed by atoms with E-state index in [1.54, 1.807) is 0 Å². The van der Waals surface area contributed by atoms with E-state index in [0.29, 0.717) is 23.9 Å². The monoisotopic (exact) mass is 723 g/mol. The molecule has 0 aliphatic carbocycles. The molecule has 0 radical (unpaired) electrons. The predicted octanol–water partition coefficient (Wildman–Crippen LogP) is 9.49. The Bertz CT molecular complexity index is 1040. The first-order valence-electron chi connectivity index (χ1n) is 19.0. The molecule has 2 atom stereocenters. The number of nitrogens with zero attached hydrogens (tertiary/aromatic N) is 1. The normalized spacial score (nSPS) is 14.4. The van der Waals surface area contributed by atoms with Crippen LogP contribution in [0.15, 0.2) is 60.8 Å². The van der Waals surface area contributed by atoms with E-state index in [0.717, 1.165) is 77.0 Å². The summed E-state index contributed by atoms with van der Waals surface area (Å²) in [5.74, 6) is -0.882. The topological polar surface area (TPSA) is 111 Å². The fourth-order valence-electron chi connectivity index (χ4n) is 4.58. The van der Waals surface area contributed by atoms with Crippen LogP contribution in [0.2, 0.25) is 0 Å². The smallest absolute Gasteiger partial charge is 0.306 e. The molecule has 9 nitrogen and oxygen atoms in total. The third-order valence-corrected chi connectivity index (χ3v) is 8.58. The molecule has 0 aromatic carbocycles. The van der Waals surface area contributed by atoms with E-state index in [-0.39, 0.29) is 26.1 Å². The summed E-state index contributed by atoms with van der Waals surface area (Å²) < 4.78 is 33.7. The molecule has 0 aliphatic heterocycles. The van der Waals surface area contributed by atoms with Gasteiger partial charge >= 0.3 is 11.9 Å². The number of likely N-dealkylation sites (N-methyl/N-ethyl adjacent to an activating group) is 1. The van der Waals surface area contributed by atoms with Gasteiger partial charge in [-0.05, 0) is 51.4 Å². The summed E-state index contributed by atoms with van der Waals surface area (Å²) in [5.41, 5.74) is 0. The number of quaternary nitrogens is 1. The molecule has 0 amide bonds. The lowest BCUT2D eigenvalue weighted by atomic mass is 10.1. The Labute approximate surface area is 305 Å². The van der Waals surface area contributed by atoms with E-state index < -0.39 is 32.5 Å². The van der Waals surface area contributed by atoms with Crippen molar-refractivity contribution in [3.8, 4) is 0 Å². The average Bonchev–Trinajstić information content (AvgIpc) is 3.06. The van der Waals surface area contributed by atoms with Crippen LogP contribution >= 0.6 is 7.82 Å². The molecule has 0 aliphatic rings. The van der Waals surface area contributed by atoms with Crippen LogP contribution in [0.3, 0.4) is 0 Å². The molecule has 0 aromatic heterocycles. The largest absolute Gasteiger partial charge is 0.756 e. The van der Waals surface area contributed by atoms with Crippen LogP contribution in [-0.4, -0.2) is 70.0 Å². The second-order valence-corrected chi connectivity index (χ2v) is 15.1. The lowest BCUT2D eigenvalue weighted by molar-refractivity contribution is -0.870. The molecular weight excluding hydrogens is 653 g/mol.